The molecule has 1 spiro atoms. The summed E-state index contributed by atoms with van der Waals surface area (Å²) in [5.41, 5.74) is 2.61. The normalized spacial score (nSPS) is 25.6. The van der Waals surface area contributed by atoms with Gasteiger partial charge in [-0.1, -0.05) is 6.92 Å². The number of aliphatic hydroxyl groups is 1. The van der Waals surface area contributed by atoms with Gasteiger partial charge in [-0.2, -0.15) is 0 Å². The molecule has 1 aromatic heterocycles. The van der Waals surface area contributed by atoms with Gasteiger partial charge in [0.15, 0.2) is 0 Å². The van der Waals surface area contributed by atoms with Gasteiger partial charge in [0, 0.05) is 38.1 Å². The minimum Gasteiger partial charge on any atom is -0.392 e. The fourth-order valence-corrected chi connectivity index (χ4v) is 4.15. The summed E-state index contributed by atoms with van der Waals surface area (Å²) in [5, 5.41) is 10.1. The number of hydrogen-bond donors (Lipinski definition) is 1. The lowest BCUT2D eigenvalue weighted by molar-refractivity contribution is -0.0113. The van der Waals surface area contributed by atoms with Crippen molar-refractivity contribution in [2.75, 3.05) is 38.1 Å². The number of anilines is 1. The van der Waals surface area contributed by atoms with Crippen LogP contribution in [0.15, 0.2) is 6.20 Å². The first-order valence-corrected chi connectivity index (χ1v) is 8.45. The Morgan fingerprint density at radius 2 is 2.09 bits per heavy atom. The molecule has 122 valence electrons. The van der Waals surface area contributed by atoms with Crippen molar-refractivity contribution >= 4 is 5.95 Å². The number of likely N-dealkylation sites (tertiary alicyclic amines) is 1. The summed E-state index contributed by atoms with van der Waals surface area (Å²) in [5.74, 6) is 0.877. The first kappa shape index (κ1) is 15.7. The summed E-state index contributed by atoms with van der Waals surface area (Å²) in [6.07, 6.45) is 5.91. The molecule has 1 atom stereocenters. The van der Waals surface area contributed by atoms with Crippen LogP contribution in [0, 0.1) is 12.3 Å². The highest BCUT2D eigenvalue weighted by Crippen LogP contribution is 2.40. The van der Waals surface area contributed by atoms with Gasteiger partial charge in [-0.05, 0) is 50.6 Å². The van der Waals surface area contributed by atoms with Crippen molar-refractivity contribution < 1.29 is 5.11 Å². The summed E-state index contributed by atoms with van der Waals surface area (Å²) in [6, 6.07) is 0. The average Bonchev–Trinajstić information content (AvgIpc) is 2.47. The fourth-order valence-electron chi connectivity index (χ4n) is 4.15. The number of hydrogen-bond acceptors (Lipinski definition) is 5. The van der Waals surface area contributed by atoms with Crippen LogP contribution >= 0.6 is 0 Å². The lowest BCUT2D eigenvalue weighted by Gasteiger charge is -2.48. The van der Waals surface area contributed by atoms with Crippen molar-refractivity contribution in [3.8, 4) is 0 Å². The minimum atomic E-state index is -0.174. The SMILES string of the molecule is CCc1nc(N2CCC3(CC2)CC(O)CN(C)C3)ncc1C. The monoisotopic (exact) mass is 304 g/mol. The molecule has 0 bridgehead atoms. The quantitative estimate of drug-likeness (QED) is 0.900. The first-order valence-electron chi connectivity index (χ1n) is 8.45. The van der Waals surface area contributed by atoms with Gasteiger partial charge in [-0.3, -0.25) is 0 Å². The molecule has 1 N–H and O–H groups in total. The third-order valence-corrected chi connectivity index (χ3v) is 5.30. The predicted molar refractivity (Wildman–Crippen MR) is 88.1 cm³/mol. The predicted octanol–water partition coefficient (Wildman–Crippen LogP) is 1.63. The van der Waals surface area contributed by atoms with E-state index in [1.807, 2.05) is 6.20 Å². The summed E-state index contributed by atoms with van der Waals surface area (Å²) in [7, 11) is 2.12. The molecule has 1 unspecified atom stereocenters. The molecular weight excluding hydrogens is 276 g/mol. The second-order valence-corrected chi connectivity index (χ2v) is 7.20. The Bertz CT molecular complexity index is 513. The molecule has 3 heterocycles. The largest absolute Gasteiger partial charge is 0.392 e. The summed E-state index contributed by atoms with van der Waals surface area (Å²) >= 11 is 0. The van der Waals surface area contributed by atoms with Crippen molar-refractivity contribution in [3.63, 3.8) is 0 Å². The van der Waals surface area contributed by atoms with Gasteiger partial charge in [-0.25, -0.2) is 9.97 Å². The van der Waals surface area contributed by atoms with Gasteiger partial charge in [0.2, 0.25) is 5.95 Å². The van der Waals surface area contributed by atoms with Crippen LogP contribution in [0.2, 0.25) is 0 Å². The molecule has 0 aliphatic carbocycles. The van der Waals surface area contributed by atoms with Gasteiger partial charge < -0.3 is 14.9 Å². The summed E-state index contributed by atoms with van der Waals surface area (Å²) < 4.78 is 0. The van der Waals surface area contributed by atoms with Crippen molar-refractivity contribution in [2.45, 2.75) is 45.6 Å². The molecule has 1 aromatic rings. The smallest absolute Gasteiger partial charge is 0.225 e. The third-order valence-electron chi connectivity index (χ3n) is 5.30. The minimum absolute atomic E-state index is 0.174. The second-order valence-electron chi connectivity index (χ2n) is 7.20. The van der Waals surface area contributed by atoms with Crippen LogP contribution in [0.3, 0.4) is 0 Å². The molecule has 3 rings (SSSR count). The van der Waals surface area contributed by atoms with Crippen LogP contribution < -0.4 is 4.90 Å². The highest BCUT2D eigenvalue weighted by Gasteiger charge is 2.40. The number of aliphatic hydroxyl groups excluding tert-OH is 1. The molecule has 5 heteroatoms. The van der Waals surface area contributed by atoms with Crippen LogP contribution in [0.25, 0.3) is 0 Å². The number of β-amino-alcohol motifs (C(OH)–C–C–N with tert-alkyl or cyclic N) is 1. The Morgan fingerprint density at radius 3 is 2.73 bits per heavy atom. The maximum absolute atomic E-state index is 10.1. The van der Waals surface area contributed by atoms with E-state index in [1.165, 1.54) is 5.56 Å². The number of piperidine rings is 2. The van der Waals surface area contributed by atoms with E-state index in [4.69, 9.17) is 4.98 Å². The zero-order chi connectivity index (χ0) is 15.7. The third kappa shape index (κ3) is 3.10. The van der Waals surface area contributed by atoms with Gasteiger partial charge >= 0.3 is 0 Å². The number of aromatic nitrogens is 2. The van der Waals surface area contributed by atoms with E-state index >= 15 is 0 Å². The summed E-state index contributed by atoms with van der Waals surface area (Å²) in [6.45, 7) is 8.12. The lowest BCUT2D eigenvalue weighted by Crippen LogP contribution is -2.52. The number of aryl methyl sites for hydroxylation is 2. The van der Waals surface area contributed by atoms with Crippen molar-refractivity contribution in [1.29, 1.82) is 0 Å². The van der Waals surface area contributed by atoms with Crippen LogP contribution in [0.5, 0.6) is 0 Å². The Kier molecular flexibility index (Phi) is 4.37. The molecule has 0 saturated carbocycles. The molecule has 0 amide bonds. The molecule has 0 radical (unpaired) electrons. The first-order chi connectivity index (χ1) is 10.5. The van der Waals surface area contributed by atoms with E-state index in [1.54, 1.807) is 0 Å². The van der Waals surface area contributed by atoms with Crippen LogP contribution in [0.4, 0.5) is 5.95 Å². The van der Waals surface area contributed by atoms with Gasteiger partial charge in [0.25, 0.3) is 0 Å². The molecule has 22 heavy (non-hydrogen) atoms. The highest BCUT2D eigenvalue weighted by atomic mass is 16.3. The van der Waals surface area contributed by atoms with Gasteiger partial charge in [0.05, 0.1) is 6.10 Å². The molecule has 0 aromatic carbocycles. The van der Waals surface area contributed by atoms with Gasteiger partial charge in [-0.15, -0.1) is 0 Å². The zero-order valence-corrected chi connectivity index (χ0v) is 14.0. The summed E-state index contributed by atoms with van der Waals surface area (Å²) in [4.78, 5) is 13.9. The molecular formula is C17H28N4O. The standard InChI is InChI=1S/C17H28N4O/c1-4-15-13(2)10-18-16(19-15)21-7-5-17(6-8-21)9-14(22)11-20(3)12-17/h10,14,22H,4-9,11-12H2,1-3H3. The Balaban J connectivity index is 1.69. The average molecular weight is 304 g/mol. The van der Waals surface area contributed by atoms with E-state index in [9.17, 15) is 5.11 Å². The fraction of sp³-hybridized carbons (Fsp3) is 0.765. The van der Waals surface area contributed by atoms with E-state index in [2.05, 4.69) is 35.7 Å². The lowest BCUT2D eigenvalue weighted by atomic mass is 9.72. The van der Waals surface area contributed by atoms with E-state index < -0.39 is 0 Å². The molecule has 5 nitrogen and oxygen atoms in total. The Hall–Kier alpha value is -1.20. The number of likely N-dealkylation sites (N-methyl/N-ethyl adjacent to an activating group) is 1. The topological polar surface area (TPSA) is 52.5 Å². The van der Waals surface area contributed by atoms with Crippen molar-refractivity contribution in [2.24, 2.45) is 5.41 Å². The maximum Gasteiger partial charge on any atom is 0.225 e. The molecule has 2 aliphatic rings. The van der Waals surface area contributed by atoms with Crippen molar-refractivity contribution in [1.82, 2.24) is 14.9 Å². The van der Waals surface area contributed by atoms with Crippen LogP contribution in [-0.2, 0) is 6.42 Å². The molecule has 2 aliphatic heterocycles. The maximum atomic E-state index is 10.1. The van der Waals surface area contributed by atoms with E-state index in [0.29, 0.717) is 0 Å². The molecule has 2 saturated heterocycles. The highest BCUT2D eigenvalue weighted by molar-refractivity contribution is 5.34. The molecule has 2 fully saturated rings. The van der Waals surface area contributed by atoms with Crippen LogP contribution in [-0.4, -0.2) is 59.3 Å². The second kappa shape index (κ2) is 6.13. The zero-order valence-electron chi connectivity index (χ0n) is 14.0. The Labute approximate surface area is 133 Å². The van der Waals surface area contributed by atoms with E-state index in [-0.39, 0.29) is 11.5 Å². The van der Waals surface area contributed by atoms with Crippen molar-refractivity contribution in [3.05, 3.63) is 17.5 Å². The number of rotatable bonds is 2. The number of nitrogens with zero attached hydrogens (tertiary/aromatic N) is 4. The van der Waals surface area contributed by atoms with Crippen LogP contribution in [0.1, 0.15) is 37.4 Å². The van der Waals surface area contributed by atoms with Gasteiger partial charge in [0.1, 0.15) is 0 Å². The van der Waals surface area contributed by atoms with E-state index in [0.717, 1.165) is 63.5 Å². The Morgan fingerprint density at radius 1 is 1.36 bits per heavy atom.